The van der Waals surface area contributed by atoms with Gasteiger partial charge in [-0.1, -0.05) is 34.8 Å². The second-order valence-electron chi connectivity index (χ2n) is 4.58. The van der Waals surface area contributed by atoms with E-state index in [1.807, 2.05) is 0 Å². The fraction of sp³-hybridized carbons (Fsp3) is 0.385. The van der Waals surface area contributed by atoms with Crippen molar-refractivity contribution in [3.05, 3.63) is 34.1 Å². The SMILES string of the molecule is Clc1ccc(Cl)c(-c2nc(C3CCCCN3)no2)c1. The van der Waals surface area contributed by atoms with Crippen LogP contribution in [0.15, 0.2) is 22.7 Å². The van der Waals surface area contributed by atoms with Gasteiger partial charge in [-0.25, -0.2) is 0 Å². The molecule has 1 aliphatic heterocycles. The average molecular weight is 298 g/mol. The van der Waals surface area contributed by atoms with Gasteiger partial charge in [0.05, 0.1) is 16.6 Å². The monoisotopic (exact) mass is 297 g/mol. The van der Waals surface area contributed by atoms with Gasteiger partial charge in [-0.05, 0) is 37.6 Å². The van der Waals surface area contributed by atoms with Gasteiger partial charge in [-0.3, -0.25) is 0 Å². The molecule has 0 saturated carbocycles. The molecule has 100 valence electrons. The van der Waals surface area contributed by atoms with Crippen molar-refractivity contribution in [2.45, 2.75) is 25.3 Å². The molecule has 2 aromatic rings. The van der Waals surface area contributed by atoms with E-state index in [2.05, 4.69) is 15.5 Å². The minimum absolute atomic E-state index is 0.171. The summed E-state index contributed by atoms with van der Waals surface area (Å²) in [7, 11) is 0. The number of nitrogens with one attached hydrogen (secondary N) is 1. The van der Waals surface area contributed by atoms with Crippen LogP contribution in [-0.4, -0.2) is 16.7 Å². The summed E-state index contributed by atoms with van der Waals surface area (Å²) in [6.07, 6.45) is 3.41. The van der Waals surface area contributed by atoms with Gasteiger partial charge in [0.1, 0.15) is 0 Å². The first kappa shape index (κ1) is 12.9. The minimum Gasteiger partial charge on any atom is -0.334 e. The summed E-state index contributed by atoms with van der Waals surface area (Å²) >= 11 is 12.1. The van der Waals surface area contributed by atoms with Crippen LogP contribution in [0.25, 0.3) is 11.5 Å². The molecule has 1 fully saturated rings. The Morgan fingerprint density at radius 2 is 2.16 bits per heavy atom. The Bertz CT molecular complexity index is 579. The summed E-state index contributed by atoms with van der Waals surface area (Å²) in [5, 5.41) is 8.56. The number of hydrogen-bond donors (Lipinski definition) is 1. The molecule has 1 aliphatic rings. The van der Waals surface area contributed by atoms with Gasteiger partial charge in [0.2, 0.25) is 0 Å². The third-order valence-electron chi connectivity index (χ3n) is 3.22. The number of nitrogens with zero attached hydrogens (tertiary/aromatic N) is 2. The van der Waals surface area contributed by atoms with Crippen LogP contribution in [-0.2, 0) is 0 Å². The fourth-order valence-electron chi connectivity index (χ4n) is 2.22. The summed E-state index contributed by atoms with van der Waals surface area (Å²) in [5.74, 6) is 1.10. The summed E-state index contributed by atoms with van der Waals surface area (Å²) in [5.41, 5.74) is 0.670. The molecule has 1 saturated heterocycles. The van der Waals surface area contributed by atoms with Crippen molar-refractivity contribution in [1.82, 2.24) is 15.5 Å². The lowest BCUT2D eigenvalue weighted by Gasteiger charge is -2.19. The zero-order valence-electron chi connectivity index (χ0n) is 10.2. The maximum Gasteiger partial charge on any atom is 0.259 e. The van der Waals surface area contributed by atoms with Gasteiger partial charge < -0.3 is 9.84 Å². The van der Waals surface area contributed by atoms with Crippen molar-refractivity contribution in [3.8, 4) is 11.5 Å². The molecule has 0 amide bonds. The topological polar surface area (TPSA) is 51.0 Å². The standard InChI is InChI=1S/C13H13Cl2N3O/c14-8-4-5-10(15)9(7-8)13-17-12(18-19-13)11-3-1-2-6-16-11/h4-5,7,11,16H,1-3,6H2. The third-order valence-corrected chi connectivity index (χ3v) is 3.79. The van der Waals surface area contributed by atoms with Crippen molar-refractivity contribution < 1.29 is 4.52 Å². The Kier molecular flexibility index (Phi) is 3.73. The molecular weight excluding hydrogens is 285 g/mol. The predicted octanol–water partition coefficient (Wildman–Crippen LogP) is 3.86. The number of hydrogen-bond acceptors (Lipinski definition) is 4. The second kappa shape index (κ2) is 5.49. The van der Waals surface area contributed by atoms with E-state index in [9.17, 15) is 0 Å². The average Bonchev–Trinajstić information content (AvgIpc) is 2.92. The Balaban J connectivity index is 1.89. The molecular formula is C13H13Cl2N3O. The first-order valence-corrected chi connectivity index (χ1v) is 7.02. The summed E-state index contributed by atoms with van der Waals surface area (Å²) in [4.78, 5) is 4.42. The Labute approximate surface area is 121 Å². The molecule has 4 nitrogen and oxygen atoms in total. The lowest BCUT2D eigenvalue weighted by Crippen LogP contribution is -2.27. The molecule has 2 heterocycles. The molecule has 0 spiro atoms. The maximum absolute atomic E-state index is 6.12. The zero-order valence-corrected chi connectivity index (χ0v) is 11.7. The van der Waals surface area contributed by atoms with Crippen molar-refractivity contribution in [3.63, 3.8) is 0 Å². The summed E-state index contributed by atoms with van der Waals surface area (Å²) in [6.45, 7) is 0.993. The Morgan fingerprint density at radius 3 is 2.95 bits per heavy atom. The highest BCUT2D eigenvalue weighted by Gasteiger charge is 2.21. The van der Waals surface area contributed by atoms with Gasteiger partial charge in [0.25, 0.3) is 5.89 Å². The molecule has 1 aromatic carbocycles. The van der Waals surface area contributed by atoms with Crippen LogP contribution in [0.5, 0.6) is 0 Å². The highest BCUT2D eigenvalue weighted by molar-refractivity contribution is 6.35. The van der Waals surface area contributed by atoms with E-state index >= 15 is 0 Å². The van der Waals surface area contributed by atoms with E-state index in [0.29, 0.717) is 27.3 Å². The number of halogens is 2. The van der Waals surface area contributed by atoms with Crippen molar-refractivity contribution >= 4 is 23.2 Å². The van der Waals surface area contributed by atoms with Crippen LogP contribution in [0, 0.1) is 0 Å². The molecule has 1 atom stereocenters. The van der Waals surface area contributed by atoms with Gasteiger partial charge in [0, 0.05) is 5.02 Å². The molecule has 19 heavy (non-hydrogen) atoms. The first-order valence-electron chi connectivity index (χ1n) is 6.26. The number of piperidine rings is 1. The number of benzene rings is 1. The molecule has 0 bridgehead atoms. The van der Waals surface area contributed by atoms with Gasteiger partial charge in [0.15, 0.2) is 5.82 Å². The molecule has 1 aromatic heterocycles. The van der Waals surface area contributed by atoms with Crippen LogP contribution >= 0.6 is 23.2 Å². The molecule has 3 rings (SSSR count). The normalized spacial score (nSPS) is 19.6. The maximum atomic E-state index is 6.12. The highest BCUT2D eigenvalue weighted by atomic mass is 35.5. The van der Waals surface area contributed by atoms with Gasteiger partial charge >= 0.3 is 0 Å². The van der Waals surface area contributed by atoms with Crippen molar-refractivity contribution in [1.29, 1.82) is 0 Å². The highest BCUT2D eigenvalue weighted by Crippen LogP contribution is 2.30. The summed E-state index contributed by atoms with van der Waals surface area (Å²) < 4.78 is 5.30. The Morgan fingerprint density at radius 1 is 1.26 bits per heavy atom. The number of rotatable bonds is 2. The van der Waals surface area contributed by atoms with E-state index in [1.165, 1.54) is 12.8 Å². The van der Waals surface area contributed by atoms with Crippen LogP contribution < -0.4 is 5.32 Å². The largest absolute Gasteiger partial charge is 0.334 e. The lowest BCUT2D eigenvalue weighted by molar-refractivity contribution is 0.367. The van der Waals surface area contributed by atoms with E-state index in [-0.39, 0.29) is 6.04 Å². The second-order valence-corrected chi connectivity index (χ2v) is 5.43. The van der Waals surface area contributed by atoms with E-state index in [4.69, 9.17) is 27.7 Å². The smallest absolute Gasteiger partial charge is 0.259 e. The quantitative estimate of drug-likeness (QED) is 0.914. The minimum atomic E-state index is 0.171. The lowest BCUT2D eigenvalue weighted by atomic mass is 10.0. The van der Waals surface area contributed by atoms with Crippen LogP contribution in [0.3, 0.4) is 0 Å². The number of aromatic nitrogens is 2. The van der Waals surface area contributed by atoms with E-state index in [0.717, 1.165) is 13.0 Å². The van der Waals surface area contributed by atoms with E-state index < -0.39 is 0 Å². The van der Waals surface area contributed by atoms with E-state index in [1.54, 1.807) is 18.2 Å². The van der Waals surface area contributed by atoms with Crippen LogP contribution in [0.1, 0.15) is 31.1 Å². The fourth-order valence-corrected chi connectivity index (χ4v) is 2.59. The molecule has 1 N–H and O–H groups in total. The van der Waals surface area contributed by atoms with Crippen LogP contribution in [0.4, 0.5) is 0 Å². The van der Waals surface area contributed by atoms with Gasteiger partial charge in [-0.15, -0.1) is 0 Å². The van der Waals surface area contributed by atoms with Crippen molar-refractivity contribution in [2.75, 3.05) is 6.54 Å². The molecule has 6 heteroatoms. The zero-order chi connectivity index (χ0) is 13.2. The summed E-state index contributed by atoms with van der Waals surface area (Å²) in [6, 6.07) is 5.36. The third kappa shape index (κ3) is 2.76. The molecule has 1 unspecified atom stereocenters. The van der Waals surface area contributed by atoms with Crippen LogP contribution in [0.2, 0.25) is 10.0 Å². The van der Waals surface area contributed by atoms with Crippen molar-refractivity contribution in [2.24, 2.45) is 0 Å². The molecule has 0 radical (unpaired) electrons. The Hall–Kier alpha value is -1.10. The molecule has 0 aliphatic carbocycles. The predicted molar refractivity (Wildman–Crippen MR) is 74.3 cm³/mol. The first-order chi connectivity index (χ1) is 9.24. The van der Waals surface area contributed by atoms with Gasteiger partial charge in [-0.2, -0.15) is 4.98 Å².